The Labute approximate surface area is 128 Å². The monoisotopic (exact) mass is 314 g/mol. The van der Waals surface area contributed by atoms with Crippen molar-refractivity contribution in [2.75, 3.05) is 26.0 Å². The van der Waals surface area contributed by atoms with Crippen molar-refractivity contribution in [3.63, 3.8) is 0 Å². The Morgan fingerprint density at radius 1 is 1.19 bits per heavy atom. The Balaban J connectivity index is 2.33. The quantitative estimate of drug-likeness (QED) is 0.643. The van der Waals surface area contributed by atoms with Gasteiger partial charge in [0, 0.05) is 12.6 Å². The fourth-order valence-electron chi connectivity index (χ4n) is 1.98. The van der Waals surface area contributed by atoms with Crippen LogP contribution in [0.1, 0.15) is 25.8 Å². The first-order chi connectivity index (χ1) is 9.94. The summed E-state index contributed by atoms with van der Waals surface area (Å²) in [5.74, 6) is 0.941. The topological polar surface area (TPSA) is 67.4 Å². The maximum atomic E-state index is 11.8. The molecule has 0 radical (unpaired) electrons. The first-order valence-corrected chi connectivity index (χ1v) is 8.92. The Bertz CT molecular complexity index is 515. The lowest BCUT2D eigenvalue weighted by molar-refractivity contribution is 0.409. The summed E-state index contributed by atoms with van der Waals surface area (Å²) in [6, 6.07) is 8.02. The van der Waals surface area contributed by atoms with Crippen molar-refractivity contribution in [1.82, 2.24) is 10.0 Å². The molecule has 0 saturated carbocycles. The molecule has 21 heavy (non-hydrogen) atoms. The van der Waals surface area contributed by atoms with Crippen LogP contribution < -0.4 is 14.8 Å². The molecule has 0 saturated heterocycles. The molecule has 0 aromatic heterocycles. The second-order valence-corrected chi connectivity index (χ2v) is 7.16. The van der Waals surface area contributed by atoms with E-state index in [2.05, 4.69) is 10.0 Å². The smallest absolute Gasteiger partial charge is 0.211 e. The average Bonchev–Trinajstić information content (AvgIpc) is 2.44. The molecule has 120 valence electrons. The van der Waals surface area contributed by atoms with Crippen LogP contribution in [0.4, 0.5) is 0 Å². The van der Waals surface area contributed by atoms with Crippen LogP contribution in [-0.2, 0) is 16.4 Å². The van der Waals surface area contributed by atoms with Gasteiger partial charge in [-0.25, -0.2) is 13.1 Å². The summed E-state index contributed by atoms with van der Waals surface area (Å²) < 4.78 is 31.6. The molecule has 0 bridgehead atoms. The third-order valence-corrected chi connectivity index (χ3v) is 4.52. The van der Waals surface area contributed by atoms with Crippen molar-refractivity contribution in [3.8, 4) is 5.75 Å². The van der Waals surface area contributed by atoms with Gasteiger partial charge in [-0.15, -0.1) is 0 Å². The maximum absolute atomic E-state index is 11.8. The molecule has 0 fully saturated rings. The van der Waals surface area contributed by atoms with Gasteiger partial charge in [-0.05, 0) is 31.0 Å². The average molecular weight is 314 g/mol. The van der Waals surface area contributed by atoms with Crippen molar-refractivity contribution >= 4 is 10.0 Å². The number of methoxy groups -OCH3 is 1. The Morgan fingerprint density at radius 3 is 2.57 bits per heavy atom. The van der Waals surface area contributed by atoms with Crippen LogP contribution in [0.2, 0.25) is 0 Å². The van der Waals surface area contributed by atoms with Gasteiger partial charge >= 0.3 is 0 Å². The summed E-state index contributed by atoms with van der Waals surface area (Å²) in [7, 11) is -1.58. The zero-order valence-corrected chi connectivity index (χ0v) is 13.9. The van der Waals surface area contributed by atoms with Gasteiger partial charge in [0.05, 0.1) is 12.9 Å². The highest BCUT2D eigenvalue weighted by Crippen LogP contribution is 2.17. The summed E-state index contributed by atoms with van der Waals surface area (Å²) >= 11 is 0. The van der Waals surface area contributed by atoms with E-state index in [1.807, 2.05) is 38.1 Å². The van der Waals surface area contributed by atoms with Crippen LogP contribution >= 0.6 is 0 Å². The van der Waals surface area contributed by atoms with Gasteiger partial charge in [-0.2, -0.15) is 0 Å². The summed E-state index contributed by atoms with van der Waals surface area (Å²) in [6.45, 7) is 5.19. The lowest BCUT2D eigenvalue weighted by atomic mass is 10.1. The lowest BCUT2D eigenvalue weighted by Gasteiger charge is -2.10. The SMILES string of the molecule is COc1ccccc1CCNS(=O)(=O)CCCNC(C)C. The van der Waals surface area contributed by atoms with E-state index in [9.17, 15) is 8.42 Å². The van der Waals surface area contributed by atoms with E-state index in [1.165, 1.54) is 0 Å². The van der Waals surface area contributed by atoms with Gasteiger partial charge in [-0.1, -0.05) is 32.0 Å². The number of benzene rings is 1. The van der Waals surface area contributed by atoms with E-state index in [0.717, 1.165) is 11.3 Å². The molecule has 0 heterocycles. The number of rotatable bonds is 10. The molecule has 2 N–H and O–H groups in total. The normalized spacial score (nSPS) is 11.8. The highest BCUT2D eigenvalue weighted by molar-refractivity contribution is 7.89. The zero-order chi connectivity index (χ0) is 15.7. The highest BCUT2D eigenvalue weighted by Gasteiger charge is 2.10. The third-order valence-electron chi connectivity index (χ3n) is 3.05. The molecule has 0 amide bonds. The number of nitrogens with one attached hydrogen (secondary N) is 2. The molecule has 0 aliphatic carbocycles. The van der Waals surface area contributed by atoms with E-state index in [-0.39, 0.29) is 5.75 Å². The van der Waals surface area contributed by atoms with E-state index in [4.69, 9.17) is 4.74 Å². The first-order valence-electron chi connectivity index (χ1n) is 7.27. The van der Waals surface area contributed by atoms with Gasteiger partial charge in [-0.3, -0.25) is 0 Å². The molecule has 1 aromatic rings. The van der Waals surface area contributed by atoms with Gasteiger partial charge in [0.1, 0.15) is 5.75 Å². The Morgan fingerprint density at radius 2 is 1.90 bits per heavy atom. The molecule has 1 aromatic carbocycles. The summed E-state index contributed by atoms with van der Waals surface area (Å²) in [5, 5.41) is 3.21. The number of hydrogen-bond donors (Lipinski definition) is 2. The van der Waals surface area contributed by atoms with Crippen LogP contribution in [0.3, 0.4) is 0 Å². The van der Waals surface area contributed by atoms with Gasteiger partial charge in [0.2, 0.25) is 10.0 Å². The molecule has 0 spiro atoms. The minimum absolute atomic E-state index is 0.151. The lowest BCUT2D eigenvalue weighted by Crippen LogP contribution is -2.31. The second-order valence-electron chi connectivity index (χ2n) is 5.24. The summed E-state index contributed by atoms with van der Waals surface area (Å²) in [5.41, 5.74) is 1.00. The number of ether oxygens (including phenoxy) is 1. The molecule has 0 aliphatic rings. The summed E-state index contributed by atoms with van der Waals surface area (Å²) in [6.07, 6.45) is 1.23. The minimum Gasteiger partial charge on any atom is -0.496 e. The number of sulfonamides is 1. The number of para-hydroxylation sites is 1. The minimum atomic E-state index is -3.20. The second kappa shape index (κ2) is 9.02. The van der Waals surface area contributed by atoms with Crippen LogP contribution in [0.25, 0.3) is 0 Å². The predicted octanol–water partition coefficient (Wildman–Crippen LogP) is 1.55. The maximum Gasteiger partial charge on any atom is 0.211 e. The van der Waals surface area contributed by atoms with E-state index in [1.54, 1.807) is 7.11 Å². The summed E-state index contributed by atoms with van der Waals surface area (Å²) in [4.78, 5) is 0. The van der Waals surface area contributed by atoms with Crippen molar-refractivity contribution in [3.05, 3.63) is 29.8 Å². The Kier molecular flexibility index (Phi) is 7.71. The van der Waals surface area contributed by atoms with Crippen molar-refractivity contribution in [2.24, 2.45) is 0 Å². The fraction of sp³-hybridized carbons (Fsp3) is 0.600. The van der Waals surface area contributed by atoms with Gasteiger partial charge in [0.25, 0.3) is 0 Å². The van der Waals surface area contributed by atoms with Crippen LogP contribution in [0.5, 0.6) is 5.75 Å². The molecule has 0 unspecified atom stereocenters. The van der Waals surface area contributed by atoms with Crippen molar-refractivity contribution in [2.45, 2.75) is 32.7 Å². The molecule has 5 nitrogen and oxygen atoms in total. The van der Waals surface area contributed by atoms with Crippen LogP contribution in [0.15, 0.2) is 24.3 Å². The third kappa shape index (κ3) is 7.45. The van der Waals surface area contributed by atoms with E-state index < -0.39 is 10.0 Å². The Hall–Kier alpha value is -1.11. The fourth-order valence-corrected chi connectivity index (χ4v) is 3.06. The standard InChI is InChI=1S/C15H26N2O3S/c1-13(2)16-10-6-12-21(18,19)17-11-9-14-7-4-5-8-15(14)20-3/h4-5,7-8,13,16-17H,6,9-12H2,1-3H3. The van der Waals surface area contributed by atoms with Crippen molar-refractivity contribution < 1.29 is 13.2 Å². The molecular formula is C15H26N2O3S. The largest absolute Gasteiger partial charge is 0.496 e. The molecule has 1 rings (SSSR count). The van der Waals surface area contributed by atoms with Crippen LogP contribution in [-0.4, -0.2) is 40.4 Å². The number of hydrogen-bond acceptors (Lipinski definition) is 4. The van der Waals surface area contributed by atoms with Gasteiger partial charge < -0.3 is 10.1 Å². The molecule has 0 atom stereocenters. The predicted molar refractivity (Wildman–Crippen MR) is 86.2 cm³/mol. The molecular weight excluding hydrogens is 288 g/mol. The zero-order valence-electron chi connectivity index (χ0n) is 13.1. The highest BCUT2D eigenvalue weighted by atomic mass is 32.2. The van der Waals surface area contributed by atoms with Gasteiger partial charge in [0.15, 0.2) is 0 Å². The molecule has 6 heteroatoms. The first kappa shape index (κ1) is 17.9. The molecule has 0 aliphatic heterocycles. The van der Waals surface area contributed by atoms with E-state index in [0.29, 0.717) is 32.0 Å². The van der Waals surface area contributed by atoms with Crippen molar-refractivity contribution in [1.29, 1.82) is 0 Å². The van der Waals surface area contributed by atoms with Crippen LogP contribution in [0, 0.1) is 0 Å². The van der Waals surface area contributed by atoms with E-state index >= 15 is 0 Å².